The number of rotatable bonds is 5. The van der Waals surface area contributed by atoms with Crippen LogP contribution in [-0.4, -0.2) is 25.1 Å². The Kier molecular flexibility index (Phi) is 4.73. The van der Waals surface area contributed by atoms with Crippen LogP contribution in [0.5, 0.6) is 5.75 Å². The first-order valence-corrected chi connectivity index (χ1v) is 7.15. The zero-order valence-electron chi connectivity index (χ0n) is 12.2. The molecule has 0 aliphatic heterocycles. The number of anilines is 1. The van der Waals surface area contributed by atoms with E-state index in [0.717, 1.165) is 6.42 Å². The summed E-state index contributed by atoms with van der Waals surface area (Å²) in [5.74, 6) is 0.0317. The Morgan fingerprint density at radius 2 is 2.10 bits per heavy atom. The maximum absolute atomic E-state index is 12.1. The largest absolute Gasteiger partial charge is 0.495 e. The summed E-state index contributed by atoms with van der Waals surface area (Å²) in [5.41, 5.74) is 0.442. The molecule has 6 heteroatoms. The Morgan fingerprint density at radius 1 is 1.43 bits per heavy atom. The lowest BCUT2D eigenvalue weighted by Gasteiger charge is -2.15. The van der Waals surface area contributed by atoms with Crippen LogP contribution in [0.3, 0.4) is 0 Å². The van der Waals surface area contributed by atoms with Crippen LogP contribution in [0.4, 0.5) is 5.69 Å². The zero-order valence-corrected chi connectivity index (χ0v) is 12.9. The Morgan fingerprint density at radius 3 is 2.67 bits per heavy atom. The molecule has 1 N–H and O–H groups in total. The zero-order chi connectivity index (χ0) is 15.6. The molecule has 1 saturated carbocycles. The van der Waals surface area contributed by atoms with Crippen molar-refractivity contribution >= 4 is 29.2 Å². The third-order valence-electron chi connectivity index (χ3n) is 3.49. The number of amides is 1. The van der Waals surface area contributed by atoms with Gasteiger partial charge in [-0.25, -0.2) is 0 Å². The summed E-state index contributed by atoms with van der Waals surface area (Å²) in [5, 5.41) is 3.13. The molecule has 2 rings (SSSR count). The highest BCUT2D eigenvalue weighted by Crippen LogP contribution is 2.38. The summed E-state index contributed by atoms with van der Waals surface area (Å²) >= 11 is 5.89. The van der Waals surface area contributed by atoms with Crippen LogP contribution >= 0.6 is 11.6 Å². The molecule has 21 heavy (non-hydrogen) atoms. The Hall–Kier alpha value is -1.75. The minimum atomic E-state index is -0.867. The standard InChI is InChI=1S/C15H18ClNO4/c1-8-6-11(8)15(19)21-9(2)14(18)17-12-7-10(16)4-5-13(12)20-3/h4-5,7-9,11H,6H2,1-3H3,(H,17,18)/t8-,9+,11-/m1/s1. The second-order valence-electron chi connectivity index (χ2n) is 5.23. The third kappa shape index (κ3) is 3.88. The van der Waals surface area contributed by atoms with Gasteiger partial charge in [0.1, 0.15) is 5.75 Å². The van der Waals surface area contributed by atoms with E-state index in [4.69, 9.17) is 21.1 Å². The number of methoxy groups -OCH3 is 1. The van der Waals surface area contributed by atoms with Crippen LogP contribution in [-0.2, 0) is 14.3 Å². The Labute approximate surface area is 128 Å². The first kappa shape index (κ1) is 15.6. The topological polar surface area (TPSA) is 64.6 Å². The van der Waals surface area contributed by atoms with E-state index in [1.165, 1.54) is 14.0 Å². The maximum atomic E-state index is 12.1. The highest BCUT2D eigenvalue weighted by molar-refractivity contribution is 6.31. The number of carbonyl (C=O) groups excluding carboxylic acids is 2. The van der Waals surface area contributed by atoms with Gasteiger partial charge in [-0.15, -0.1) is 0 Å². The average molecular weight is 312 g/mol. The second-order valence-corrected chi connectivity index (χ2v) is 5.67. The van der Waals surface area contributed by atoms with Crippen molar-refractivity contribution in [1.29, 1.82) is 0 Å². The number of esters is 1. The van der Waals surface area contributed by atoms with Crippen molar-refractivity contribution in [1.82, 2.24) is 0 Å². The first-order chi connectivity index (χ1) is 9.92. The van der Waals surface area contributed by atoms with E-state index in [-0.39, 0.29) is 11.9 Å². The molecule has 0 saturated heterocycles. The molecule has 0 bridgehead atoms. The van der Waals surface area contributed by atoms with Gasteiger partial charge in [0.25, 0.3) is 5.91 Å². The van der Waals surface area contributed by atoms with Crippen LogP contribution in [0.15, 0.2) is 18.2 Å². The quantitative estimate of drug-likeness (QED) is 0.849. The molecule has 1 aromatic rings. The van der Waals surface area contributed by atoms with Gasteiger partial charge < -0.3 is 14.8 Å². The van der Waals surface area contributed by atoms with Crippen molar-refractivity contribution < 1.29 is 19.1 Å². The fourth-order valence-corrected chi connectivity index (χ4v) is 2.15. The molecular weight excluding hydrogens is 294 g/mol. The molecule has 0 heterocycles. The van der Waals surface area contributed by atoms with Crippen molar-refractivity contribution in [2.75, 3.05) is 12.4 Å². The fraction of sp³-hybridized carbons (Fsp3) is 0.467. The van der Waals surface area contributed by atoms with Crippen molar-refractivity contribution in [2.45, 2.75) is 26.4 Å². The molecule has 114 valence electrons. The van der Waals surface area contributed by atoms with Gasteiger partial charge in [0.05, 0.1) is 18.7 Å². The Bertz CT molecular complexity index is 561. The molecule has 1 aromatic carbocycles. The van der Waals surface area contributed by atoms with E-state index in [1.807, 2.05) is 6.92 Å². The van der Waals surface area contributed by atoms with Crippen LogP contribution < -0.4 is 10.1 Å². The molecule has 1 aliphatic carbocycles. The Balaban J connectivity index is 1.97. The van der Waals surface area contributed by atoms with Gasteiger partial charge in [0, 0.05) is 5.02 Å². The normalized spacial score (nSPS) is 21.3. The second kappa shape index (κ2) is 6.35. The van der Waals surface area contributed by atoms with E-state index in [2.05, 4.69) is 5.32 Å². The number of carbonyl (C=O) groups is 2. The molecule has 3 atom stereocenters. The van der Waals surface area contributed by atoms with Gasteiger partial charge in [0.2, 0.25) is 0 Å². The highest BCUT2D eigenvalue weighted by Gasteiger charge is 2.41. The number of ether oxygens (including phenoxy) is 2. The number of benzene rings is 1. The van der Waals surface area contributed by atoms with Gasteiger partial charge in [-0.2, -0.15) is 0 Å². The van der Waals surface area contributed by atoms with Crippen molar-refractivity contribution in [3.05, 3.63) is 23.2 Å². The summed E-state index contributed by atoms with van der Waals surface area (Å²) in [6, 6.07) is 4.89. The predicted octanol–water partition coefficient (Wildman–Crippen LogP) is 2.87. The lowest BCUT2D eigenvalue weighted by Crippen LogP contribution is -2.30. The molecule has 0 spiro atoms. The molecule has 0 aromatic heterocycles. The van der Waals surface area contributed by atoms with E-state index >= 15 is 0 Å². The lowest BCUT2D eigenvalue weighted by atomic mass is 10.2. The van der Waals surface area contributed by atoms with Crippen molar-refractivity contribution in [3.63, 3.8) is 0 Å². The summed E-state index contributed by atoms with van der Waals surface area (Å²) < 4.78 is 10.3. The lowest BCUT2D eigenvalue weighted by molar-refractivity contribution is -0.154. The fourth-order valence-electron chi connectivity index (χ4n) is 1.98. The SMILES string of the molecule is COc1ccc(Cl)cc1NC(=O)[C@H](C)OC(=O)[C@@H]1C[C@H]1C. The van der Waals surface area contributed by atoms with Gasteiger partial charge in [-0.05, 0) is 37.5 Å². The number of hydrogen-bond acceptors (Lipinski definition) is 4. The molecule has 5 nitrogen and oxygen atoms in total. The van der Waals surface area contributed by atoms with Crippen molar-refractivity contribution in [3.8, 4) is 5.75 Å². The summed E-state index contributed by atoms with van der Waals surface area (Å²) in [6.07, 6.45) is -0.0380. The summed E-state index contributed by atoms with van der Waals surface area (Å²) in [7, 11) is 1.50. The number of hydrogen-bond donors (Lipinski definition) is 1. The number of nitrogens with one attached hydrogen (secondary N) is 1. The third-order valence-corrected chi connectivity index (χ3v) is 3.73. The molecular formula is C15H18ClNO4. The predicted molar refractivity (Wildman–Crippen MR) is 79.5 cm³/mol. The maximum Gasteiger partial charge on any atom is 0.309 e. The molecule has 1 amide bonds. The molecule has 1 fully saturated rings. The van der Waals surface area contributed by atoms with Crippen molar-refractivity contribution in [2.24, 2.45) is 11.8 Å². The average Bonchev–Trinajstić information content (AvgIpc) is 3.16. The van der Waals surface area contributed by atoms with E-state index in [0.29, 0.717) is 22.4 Å². The van der Waals surface area contributed by atoms with Gasteiger partial charge >= 0.3 is 5.97 Å². The summed E-state index contributed by atoms with van der Waals surface area (Å²) in [4.78, 5) is 23.8. The van der Waals surface area contributed by atoms with Crippen LogP contribution in [0.1, 0.15) is 20.3 Å². The first-order valence-electron chi connectivity index (χ1n) is 6.77. The van der Waals surface area contributed by atoms with E-state index in [1.54, 1.807) is 18.2 Å². The highest BCUT2D eigenvalue weighted by atomic mass is 35.5. The summed E-state index contributed by atoms with van der Waals surface area (Å²) in [6.45, 7) is 3.52. The minimum Gasteiger partial charge on any atom is -0.495 e. The molecule has 0 radical (unpaired) electrons. The van der Waals surface area contributed by atoms with Crippen LogP contribution in [0.2, 0.25) is 5.02 Å². The smallest absolute Gasteiger partial charge is 0.309 e. The monoisotopic (exact) mass is 311 g/mol. The molecule has 1 aliphatic rings. The van der Waals surface area contributed by atoms with E-state index < -0.39 is 12.0 Å². The molecule has 0 unspecified atom stereocenters. The van der Waals surface area contributed by atoms with Crippen LogP contribution in [0, 0.1) is 11.8 Å². The number of halogens is 1. The van der Waals surface area contributed by atoms with Crippen LogP contribution in [0.25, 0.3) is 0 Å². The minimum absolute atomic E-state index is 0.0686. The van der Waals surface area contributed by atoms with Gasteiger partial charge in [-0.3, -0.25) is 9.59 Å². The van der Waals surface area contributed by atoms with Gasteiger partial charge in [-0.1, -0.05) is 18.5 Å². The van der Waals surface area contributed by atoms with E-state index in [9.17, 15) is 9.59 Å². The van der Waals surface area contributed by atoms with Gasteiger partial charge in [0.15, 0.2) is 6.10 Å².